The van der Waals surface area contributed by atoms with Crippen molar-refractivity contribution < 1.29 is 36.4 Å². The van der Waals surface area contributed by atoms with Gasteiger partial charge in [0, 0.05) is 42.5 Å². The Balaban J connectivity index is 2.53. The molecule has 13 heteroatoms. The number of carbonyl (C=O) groups is 1. The molecule has 0 unspecified atom stereocenters. The van der Waals surface area contributed by atoms with Gasteiger partial charge in [-0.1, -0.05) is 104 Å². The summed E-state index contributed by atoms with van der Waals surface area (Å²) in [6, 6.07) is 8.19. The Morgan fingerprint density at radius 1 is 0.594 bits per heavy atom. The van der Waals surface area contributed by atoms with Gasteiger partial charge in [-0.15, -0.1) is 12.3 Å². The van der Waals surface area contributed by atoms with E-state index in [4.69, 9.17) is 38.0 Å². The second-order valence-electron chi connectivity index (χ2n) is 25.9. The lowest BCUT2D eigenvalue weighted by Crippen LogP contribution is -2.47. The zero-order valence-corrected chi connectivity index (χ0v) is 50.1. The summed E-state index contributed by atoms with van der Waals surface area (Å²) < 4.78 is 50.0. The number of hydrogen-bond donors (Lipinski definition) is 0. The molecule has 0 radical (unpaired) electrons. The molecule has 0 aromatic heterocycles. The number of ether oxygens (including phenoxy) is 2. The summed E-state index contributed by atoms with van der Waals surface area (Å²) in [5.74, 6) is 6.32. The van der Waals surface area contributed by atoms with Crippen LogP contribution in [-0.4, -0.2) is 53.7 Å². The van der Waals surface area contributed by atoms with Crippen molar-refractivity contribution in [2.24, 2.45) is 0 Å². The number of rotatable bonds is 15. The van der Waals surface area contributed by atoms with Crippen LogP contribution in [0.4, 0.5) is 0 Å². The number of hydrogen-bond acceptors (Lipinski definition) is 8. The van der Waals surface area contributed by atoms with Crippen molar-refractivity contribution in [2.75, 3.05) is 0 Å². The number of unbranched alkanes of at least 4 members (excludes halogenated alkanes) is 1. The highest BCUT2D eigenvalue weighted by molar-refractivity contribution is 6.77. The summed E-state index contributed by atoms with van der Waals surface area (Å²) in [6.45, 7) is 56.2. The quantitative estimate of drug-likeness (QED) is 0.0756. The van der Waals surface area contributed by atoms with Crippen molar-refractivity contribution >= 4 is 47.6 Å². The third-order valence-corrected chi connectivity index (χ3v) is 37.1. The summed E-state index contributed by atoms with van der Waals surface area (Å²) >= 11 is 0. The first kappa shape index (κ1) is 55.7. The van der Waals surface area contributed by atoms with Crippen LogP contribution in [0.5, 0.6) is 34.5 Å². The maximum Gasteiger partial charge on any atom is 0.306 e. The molecular weight excluding hydrogens is 881 g/mol. The third kappa shape index (κ3) is 13.1. The predicted molar refractivity (Wildman–Crippen MR) is 282 cm³/mol. The fourth-order valence-corrected chi connectivity index (χ4v) is 10.8. The number of terminal acetylenes is 1. The van der Waals surface area contributed by atoms with Gasteiger partial charge in [0.1, 0.15) is 34.9 Å². The molecule has 2 aromatic carbocycles. The van der Waals surface area contributed by atoms with Gasteiger partial charge in [-0.2, -0.15) is 0 Å². The molecule has 0 fully saturated rings. The molecule has 8 nitrogen and oxygen atoms in total. The van der Waals surface area contributed by atoms with E-state index >= 15 is 0 Å². The number of esters is 1. The Morgan fingerprint density at radius 2 is 0.984 bits per heavy atom. The van der Waals surface area contributed by atoms with Gasteiger partial charge < -0.3 is 31.6 Å². The van der Waals surface area contributed by atoms with E-state index in [9.17, 15) is 4.79 Å². The van der Waals surface area contributed by atoms with Crippen LogP contribution >= 0.6 is 0 Å². The van der Waals surface area contributed by atoms with Gasteiger partial charge in [-0.25, -0.2) is 0 Å². The topological polar surface area (TPSA) is 81.7 Å². The van der Waals surface area contributed by atoms with Crippen LogP contribution in [0.2, 0.25) is 90.7 Å². The van der Waals surface area contributed by atoms with Crippen LogP contribution in [0.3, 0.4) is 0 Å². The van der Waals surface area contributed by atoms with Gasteiger partial charge >= 0.3 is 5.97 Å². The van der Waals surface area contributed by atoms with Crippen molar-refractivity contribution in [3.8, 4) is 46.8 Å². The minimum atomic E-state index is -2.48. The van der Waals surface area contributed by atoms with Gasteiger partial charge in [-0.3, -0.25) is 4.79 Å². The normalized spacial score (nSPS) is 17.1. The molecule has 2 aromatic rings. The molecule has 1 aliphatic heterocycles. The van der Waals surface area contributed by atoms with E-state index in [1.165, 1.54) is 0 Å². The van der Waals surface area contributed by atoms with Crippen molar-refractivity contribution in [3.63, 3.8) is 0 Å². The Kier molecular flexibility index (Phi) is 16.4. The maximum absolute atomic E-state index is 13.8. The zero-order valence-electron chi connectivity index (χ0n) is 45.1. The molecule has 1 heterocycles. The van der Waals surface area contributed by atoms with Crippen LogP contribution in [0.15, 0.2) is 24.3 Å². The van der Waals surface area contributed by atoms with Crippen LogP contribution < -0.4 is 26.9 Å². The molecule has 64 heavy (non-hydrogen) atoms. The van der Waals surface area contributed by atoms with E-state index in [1.807, 2.05) is 12.1 Å². The molecule has 0 amide bonds. The molecule has 2 atom stereocenters. The molecule has 0 aliphatic carbocycles. The number of benzene rings is 2. The summed E-state index contributed by atoms with van der Waals surface area (Å²) in [6.07, 6.45) is 5.73. The predicted octanol–water partition coefficient (Wildman–Crippen LogP) is 16.0. The fraction of sp³-hybridized carbons (Fsp3) is 0.706. The minimum Gasteiger partial charge on any atom is -0.543 e. The zero-order chi connectivity index (χ0) is 49.7. The van der Waals surface area contributed by atoms with E-state index in [0.29, 0.717) is 53.8 Å². The first-order chi connectivity index (χ1) is 28.5. The van der Waals surface area contributed by atoms with Gasteiger partial charge in [-0.05, 0) is 109 Å². The SMILES string of the molecule is C#CCCCC(=O)O[C@@H]1Cc2c(cc(O[Si](C)(C)C(C)(C)C)cc2O[Si](C)(C)C(C)(C)C)O[C@@H]1c1cc(O[Si](C)(C)C(C)(C)C)c(O[Si](C)(C)C(C)(C)C)c(O[Si](C)(C)C(C)(C)C)c1. The van der Waals surface area contributed by atoms with Crippen LogP contribution in [0.25, 0.3) is 0 Å². The van der Waals surface area contributed by atoms with E-state index in [-0.39, 0.29) is 37.6 Å². The highest BCUT2D eigenvalue weighted by Gasteiger charge is 2.48. The lowest BCUT2D eigenvalue weighted by Gasteiger charge is -2.42. The lowest BCUT2D eigenvalue weighted by molar-refractivity contribution is -0.155. The van der Waals surface area contributed by atoms with Gasteiger partial charge in [0.25, 0.3) is 25.0 Å². The first-order valence-corrected chi connectivity index (χ1v) is 38.1. The first-order valence-electron chi connectivity index (χ1n) is 23.6. The highest BCUT2D eigenvalue weighted by atomic mass is 28.4. The molecule has 1 aliphatic rings. The van der Waals surface area contributed by atoms with Crippen molar-refractivity contribution in [1.29, 1.82) is 0 Å². The molecule has 0 spiro atoms. The van der Waals surface area contributed by atoms with E-state index in [1.54, 1.807) is 0 Å². The van der Waals surface area contributed by atoms with Crippen molar-refractivity contribution in [1.82, 2.24) is 0 Å². The standard InChI is InChI=1S/C51H90O8Si5/c1-27-28-29-30-44(52)53-41-35-38-39(33-37(55-60(17,18)47(2,3)4)34-40(38)56-61(19,20)48(5,6)7)54-45(41)36-31-42(57-62(21,22)49(8,9)10)46(59-64(25,26)51(14,15)16)43(32-36)58-63(23,24)50(11,12)13/h1,31-34,41,45H,28-30,35H2,2-26H3/t41-,45-/m1/s1. The average molecular weight is 972 g/mol. The Bertz CT molecular complexity index is 1960. The van der Waals surface area contributed by atoms with Gasteiger partial charge in [0.2, 0.25) is 16.6 Å². The number of carbonyl (C=O) groups excluding carboxylic acids is 1. The Morgan fingerprint density at radius 3 is 1.39 bits per heavy atom. The molecule has 362 valence electrons. The molecule has 0 saturated carbocycles. The monoisotopic (exact) mass is 971 g/mol. The minimum absolute atomic E-state index is 0.0409. The Hall–Kier alpha value is -2.65. The lowest BCUT2D eigenvalue weighted by atomic mass is 9.93. The van der Waals surface area contributed by atoms with E-state index in [2.05, 4.69) is 187 Å². The average Bonchev–Trinajstić information content (AvgIpc) is 3.06. The molecule has 0 N–H and O–H groups in total. The fourth-order valence-electron chi connectivity index (χ4n) is 5.68. The summed E-state index contributed by atoms with van der Waals surface area (Å²) in [5, 5.41) is -0.449. The molecule has 3 rings (SSSR count). The largest absolute Gasteiger partial charge is 0.543 e. The molecular formula is C51H90O8Si5. The van der Waals surface area contributed by atoms with Gasteiger partial charge in [0.15, 0.2) is 11.9 Å². The van der Waals surface area contributed by atoms with Crippen LogP contribution in [-0.2, 0) is 16.0 Å². The third-order valence-electron chi connectivity index (χ3n) is 15.4. The smallest absolute Gasteiger partial charge is 0.306 e. The second-order valence-corrected chi connectivity index (χ2v) is 49.5. The Labute approximate surface area is 396 Å². The van der Waals surface area contributed by atoms with Crippen molar-refractivity contribution in [3.05, 3.63) is 35.4 Å². The second kappa shape index (κ2) is 18.8. The summed E-state index contributed by atoms with van der Waals surface area (Å²) in [4.78, 5) is 13.8. The van der Waals surface area contributed by atoms with E-state index < -0.39 is 53.8 Å². The number of fused-ring (bicyclic) bond motifs is 1. The summed E-state index contributed by atoms with van der Waals surface area (Å²) in [7, 11) is -12.1. The molecule has 0 bridgehead atoms. The maximum atomic E-state index is 13.8. The van der Waals surface area contributed by atoms with Crippen LogP contribution in [0.1, 0.15) is 140 Å². The van der Waals surface area contributed by atoms with E-state index in [0.717, 1.165) is 11.1 Å². The van der Waals surface area contributed by atoms with Gasteiger partial charge in [0.05, 0.1) is 0 Å². The highest BCUT2D eigenvalue weighted by Crippen LogP contribution is 2.53. The summed E-state index contributed by atoms with van der Waals surface area (Å²) in [5.41, 5.74) is 1.64. The van der Waals surface area contributed by atoms with Crippen LogP contribution in [0, 0.1) is 12.3 Å². The molecule has 0 saturated heterocycles. The van der Waals surface area contributed by atoms with Crippen molar-refractivity contribution in [2.45, 2.75) is 232 Å².